The van der Waals surface area contributed by atoms with Crippen LogP contribution in [0, 0.1) is 0 Å². The van der Waals surface area contributed by atoms with E-state index < -0.39 is 66.5 Å². The molecule has 0 heterocycles. The maximum Gasteiger partial charge on any atom is 0.460 e. The molecule has 31 heavy (non-hydrogen) atoms. The summed E-state index contributed by atoms with van der Waals surface area (Å²) in [6, 6.07) is 0. The van der Waals surface area contributed by atoms with Crippen molar-refractivity contribution in [2.24, 2.45) is 0 Å². The summed E-state index contributed by atoms with van der Waals surface area (Å²) in [6.07, 6.45) is -12.7. The van der Waals surface area contributed by atoms with E-state index in [9.17, 15) is 57.9 Å². The standard InChI is InChI=1S/C16H15F11O4/c1-7(2)10(28)30-6-9(31-11(29)8(3)4)5-12(17,18)13(19,20)14(21,22)15(23,24)16(25,26)27/h9H,1,3,5-6H2,2,4H3. The molecule has 1 unspecified atom stereocenters. The summed E-state index contributed by atoms with van der Waals surface area (Å²) in [5, 5.41) is 0. The molecule has 0 N–H and O–H groups in total. The van der Waals surface area contributed by atoms with Crippen LogP contribution in [0.25, 0.3) is 0 Å². The van der Waals surface area contributed by atoms with Crippen molar-refractivity contribution in [2.75, 3.05) is 6.61 Å². The topological polar surface area (TPSA) is 52.6 Å². The molecule has 0 aliphatic carbocycles. The molecule has 4 nitrogen and oxygen atoms in total. The Kier molecular flexibility index (Phi) is 8.34. The van der Waals surface area contributed by atoms with Crippen LogP contribution in [0.3, 0.4) is 0 Å². The summed E-state index contributed by atoms with van der Waals surface area (Å²) in [7, 11) is 0. The normalized spacial score (nSPS) is 14.6. The Hall–Kier alpha value is -2.35. The third-order valence-electron chi connectivity index (χ3n) is 3.46. The smallest absolute Gasteiger partial charge is 0.458 e. The van der Waals surface area contributed by atoms with Crippen LogP contribution in [0.5, 0.6) is 0 Å². The van der Waals surface area contributed by atoms with Crippen LogP contribution in [0.2, 0.25) is 0 Å². The van der Waals surface area contributed by atoms with Crippen LogP contribution in [0.1, 0.15) is 20.3 Å². The zero-order chi connectivity index (χ0) is 25.2. The van der Waals surface area contributed by atoms with Gasteiger partial charge in [0.25, 0.3) is 0 Å². The Bertz CT molecular complexity index is 726. The molecular formula is C16H15F11O4. The van der Waals surface area contributed by atoms with Gasteiger partial charge in [-0.1, -0.05) is 13.2 Å². The summed E-state index contributed by atoms with van der Waals surface area (Å²) < 4.78 is 152. The molecule has 0 aliphatic heterocycles. The quantitative estimate of drug-likeness (QED) is 0.249. The number of esters is 2. The van der Waals surface area contributed by atoms with Crippen LogP contribution in [0.15, 0.2) is 24.3 Å². The molecule has 180 valence electrons. The second-order valence-electron chi connectivity index (χ2n) is 6.32. The highest BCUT2D eigenvalue weighted by molar-refractivity contribution is 5.87. The van der Waals surface area contributed by atoms with Gasteiger partial charge in [0.05, 0.1) is 6.42 Å². The Morgan fingerprint density at radius 2 is 1.16 bits per heavy atom. The Balaban J connectivity index is 6.01. The largest absolute Gasteiger partial charge is 0.460 e. The fraction of sp³-hybridized carbons (Fsp3) is 0.625. The third kappa shape index (κ3) is 5.87. The van der Waals surface area contributed by atoms with Gasteiger partial charge in [-0.25, -0.2) is 9.59 Å². The van der Waals surface area contributed by atoms with Gasteiger partial charge in [-0.05, 0) is 13.8 Å². The molecule has 1 atom stereocenters. The van der Waals surface area contributed by atoms with Gasteiger partial charge in [-0.3, -0.25) is 0 Å². The SMILES string of the molecule is C=C(C)C(=O)OCC(CC(F)(F)C(F)(F)C(F)(F)C(F)(F)C(F)(F)F)OC(=O)C(=C)C. The number of alkyl halides is 11. The van der Waals surface area contributed by atoms with Crippen LogP contribution in [-0.4, -0.2) is 54.5 Å². The van der Waals surface area contributed by atoms with Crippen molar-refractivity contribution in [1.29, 1.82) is 0 Å². The van der Waals surface area contributed by atoms with E-state index in [1.807, 2.05) is 0 Å². The maximum atomic E-state index is 13.9. The van der Waals surface area contributed by atoms with E-state index in [1.54, 1.807) is 0 Å². The molecule has 0 amide bonds. The number of hydrogen-bond acceptors (Lipinski definition) is 4. The van der Waals surface area contributed by atoms with Crippen molar-refractivity contribution in [3.8, 4) is 0 Å². The first-order valence-electron chi connectivity index (χ1n) is 7.80. The van der Waals surface area contributed by atoms with E-state index in [0.717, 1.165) is 13.8 Å². The lowest BCUT2D eigenvalue weighted by molar-refractivity contribution is -0.423. The number of carbonyl (C=O) groups is 2. The summed E-state index contributed by atoms with van der Waals surface area (Å²) in [6.45, 7) is 6.57. The average molecular weight is 480 g/mol. The zero-order valence-corrected chi connectivity index (χ0v) is 15.7. The predicted octanol–water partition coefficient (Wildman–Crippen LogP) is 5.09. The van der Waals surface area contributed by atoms with Gasteiger partial charge in [0.15, 0.2) is 0 Å². The number of carbonyl (C=O) groups excluding carboxylic acids is 2. The fourth-order valence-electron chi connectivity index (χ4n) is 1.70. The van der Waals surface area contributed by atoms with E-state index in [-0.39, 0.29) is 5.57 Å². The summed E-state index contributed by atoms with van der Waals surface area (Å²) in [5.41, 5.74) is -0.890. The van der Waals surface area contributed by atoms with Gasteiger partial charge >= 0.3 is 41.8 Å². The molecule has 0 aromatic heterocycles. The average Bonchev–Trinajstić information content (AvgIpc) is 2.57. The Morgan fingerprint density at radius 3 is 1.52 bits per heavy atom. The van der Waals surface area contributed by atoms with Gasteiger partial charge in [-0.15, -0.1) is 0 Å². The summed E-state index contributed by atoms with van der Waals surface area (Å²) >= 11 is 0. The van der Waals surface area contributed by atoms with Crippen molar-refractivity contribution in [3.63, 3.8) is 0 Å². The van der Waals surface area contributed by atoms with Crippen LogP contribution in [0.4, 0.5) is 48.3 Å². The van der Waals surface area contributed by atoms with Crippen LogP contribution >= 0.6 is 0 Å². The molecule has 0 aromatic carbocycles. The van der Waals surface area contributed by atoms with E-state index in [2.05, 4.69) is 22.6 Å². The maximum absolute atomic E-state index is 13.9. The highest BCUT2D eigenvalue weighted by Crippen LogP contribution is 2.58. The number of halogens is 11. The second-order valence-corrected chi connectivity index (χ2v) is 6.32. The molecule has 0 spiro atoms. The minimum Gasteiger partial charge on any atom is -0.458 e. The molecule has 0 aromatic rings. The molecule has 0 fully saturated rings. The molecule has 0 radical (unpaired) electrons. The minimum atomic E-state index is -7.61. The molecule has 0 aliphatic rings. The Morgan fingerprint density at radius 1 is 0.742 bits per heavy atom. The summed E-state index contributed by atoms with van der Waals surface area (Å²) in [4.78, 5) is 22.7. The highest BCUT2D eigenvalue weighted by atomic mass is 19.4. The molecule has 0 saturated heterocycles. The third-order valence-corrected chi connectivity index (χ3v) is 3.46. The highest BCUT2D eigenvalue weighted by Gasteiger charge is 2.87. The fourth-order valence-corrected chi connectivity index (χ4v) is 1.70. The van der Waals surface area contributed by atoms with Crippen molar-refractivity contribution in [3.05, 3.63) is 24.3 Å². The first-order valence-corrected chi connectivity index (χ1v) is 7.80. The van der Waals surface area contributed by atoms with Crippen molar-refractivity contribution in [2.45, 2.75) is 56.2 Å². The van der Waals surface area contributed by atoms with Crippen molar-refractivity contribution < 1.29 is 67.4 Å². The van der Waals surface area contributed by atoms with E-state index in [4.69, 9.17) is 0 Å². The van der Waals surface area contributed by atoms with Gasteiger partial charge in [-0.2, -0.15) is 48.3 Å². The number of ether oxygens (including phenoxy) is 2. The predicted molar refractivity (Wildman–Crippen MR) is 80.9 cm³/mol. The lowest BCUT2D eigenvalue weighted by Gasteiger charge is -2.38. The molecule has 15 heteroatoms. The molecular weight excluding hydrogens is 465 g/mol. The monoisotopic (exact) mass is 480 g/mol. The molecule has 0 saturated carbocycles. The van der Waals surface area contributed by atoms with Crippen LogP contribution < -0.4 is 0 Å². The summed E-state index contributed by atoms with van der Waals surface area (Å²) in [5.74, 6) is -31.7. The van der Waals surface area contributed by atoms with Gasteiger partial charge in [0, 0.05) is 11.1 Å². The van der Waals surface area contributed by atoms with E-state index >= 15 is 0 Å². The van der Waals surface area contributed by atoms with E-state index in [0.29, 0.717) is 0 Å². The minimum absolute atomic E-state index is 0.363. The lowest BCUT2D eigenvalue weighted by atomic mass is 9.94. The Labute approximate surface area is 167 Å². The number of rotatable bonds is 10. The second kappa shape index (κ2) is 9.02. The van der Waals surface area contributed by atoms with Crippen molar-refractivity contribution >= 4 is 11.9 Å². The van der Waals surface area contributed by atoms with Gasteiger partial charge in [0.1, 0.15) is 12.7 Å². The zero-order valence-electron chi connectivity index (χ0n) is 15.7. The van der Waals surface area contributed by atoms with E-state index in [1.165, 1.54) is 0 Å². The lowest BCUT2D eigenvalue weighted by Crippen LogP contribution is -2.66. The van der Waals surface area contributed by atoms with Gasteiger partial charge in [0.2, 0.25) is 0 Å². The first-order chi connectivity index (χ1) is 13.5. The molecule has 0 bridgehead atoms. The van der Waals surface area contributed by atoms with Crippen molar-refractivity contribution in [1.82, 2.24) is 0 Å². The molecule has 0 rings (SSSR count). The van der Waals surface area contributed by atoms with Gasteiger partial charge < -0.3 is 9.47 Å². The van der Waals surface area contributed by atoms with Crippen LogP contribution in [-0.2, 0) is 19.1 Å². The first kappa shape index (κ1) is 28.6. The number of hydrogen-bond donors (Lipinski definition) is 0.